The highest BCUT2D eigenvalue weighted by Gasteiger charge is 2.43. The van der Waals surface area contributed by atoms with E-state index in [0.717, 1.165) is 31.7 Å². The maximum Gasteiger partial charge on any atom is 0.119 e. The summed E-state index contributed by atoms with van der Waals surface area (Å²) in [4.78, 5) is 7.92. The molecular weight excluding hydrogens is 262 g/mol. The number of nitrogens with one attached hydrogen (secondary N) is 1. The third-order valence-corrected chi connectivity index (χ3v) is 5.31. The van der Waals surface area contributed by atoms with Gasteiger partial charge in [0.1, 0.15) is 11.2 Å². The van der Waals surface area contributed by atoms with Gasteiger partial charge in [0.25, 0.3) is 0 Å². The summed E-state index contributed by atoms with van der Waals surface area (Å²) in [6, 6.07) is 0. The van der Waals surface area contributed by atoms with E-state index in [9.17, 15) is 5.11 Å². The van der Waals surface area contributed by atoms with Crippen molar-refractivity contribution in [1.29, 1.82) is 0 Å². The molecule has 0 radical (unpaired) electrons. The Hall–Kier alpha value is -0.430. The van der Waals surface area contributed by atoms with Crippen LogP contribution in [0.5, 0.6) is 0 Å². The van der Waals surface area contributed by atoms with Crippen LogP contribution in [0.4, 0.5) is 0 Å². The van der Waals surface area contributed by atoms with Crippen molar-refractivity contribution in [2.24, 2.45) is 5.92 Å². The SMILES string of the molecule is CCCCSC1=CNON1C1CCC2CN1CC2O. The number of hydrogen-bond donors (Lipinski definition) is 2. The molecular formula is C13H23N3O2S. The van der Waals surface area contributed by atoms with E-state index >= 15 is 0 Å². The summed E-state index contributed by atoms with van der Waals surface area (Å²) >= 11 is 1.85. The second-order valence-electron chi connectivity index (χ2n) is 5.56. The number of hydrogen-bond acceptors (Lipinski definition) is 6. The Morgan fingerprint density at radius 2 is 2.37 bits per heavy atom. The fraction of sp³-hybridized carbons (Fsp3) is 0.846. The van der Waals surface area contributed by atoms with Crippen molar-refractivity contribution in [3.8, 4) is 0 Å². The zero-order valence-corrected chi connectivity index (χ0v) is 12.2. The monoisotopic (exact) mass is 285 g/mol. The van der Waals surface area contributed by atoms with Gasteiger partial charge >= 0.3 is 0 Å². The van der Waals surface area contributed by atoms with Gasteiger partial charge in [0, 0.05) is 13.1 Å². The first-order chi connectivity index (χ1) is 9.29. The van der Waals surface area contributed by atoms with Crippen LogP contribution in [0, 0.1) is 5.92 Å². The van der Waals surface area contributed by atoms with Gasteiger partial charge in [-0.15, -0.1) is 11.8 Å². The summed E-state index contributed by atoms with van der Waals surface area (Å²) < 4.78 is 0. The van der Waals surface area contributed by atoms with E-state index in [4.69, 9.17) is 4.94 Å². The van der Waals surface area contributed by atoms with E-state index < -0.39 is 0 Å². The zero-order chi connectivity index (χ0) is 13.2. The van der Waals surface area contributed by atoms with Gasteiger partial charge in [-0.25, -0.2) is 10.5 Å². The molecule has 4 atom stereocenters. The van der Waals surface area contributed by atoms with Crippen LogP contribution in [0.15, 0.2) is 11.2 Å². The normalized spacial score (nSPS) is 37.4. The number of rotatable bonds is 5. The molecule has 3 heterocycles. The second-order valence-corrected chi connectivity index (χ2v) is 6.67. The minimum Gasteiger partial charge on any atom is -0.391 e. The predicted octanol–water partition coefficient (Wildman–Crippen LogP) is 1.48. The first kappa shape index (κ1) is 13.5. The number of aliphatic hydroxyl groups is 1. The number of unbranched alkanes of at least 4 members (excludes halogenated alkanes) is 1. The maximum absolute atomic E-state index is 9.96. The fourth-order valence-electron chi connectivity index (χ4n) is 3.10. The van der Waals surface area contributed by atoms with Crippen LogP contribution in [0.2, 0.25) is 0 Å². The number of nitrogens with zero attached hydrogens (tertiary/aromatic N) is 2. The lowest BCUT2D eigenvalue weighted by molar-refractivity contribution is -0.206. The van der Waals surface area contributed by atoms with Crippen molar-refractivity contribution in [3.63, 3.8) is 0 Å². The van der Waals surface area contributed by atoms with E-state index in [-0.39, 0.29) is 12.3 Å². The van der Waals surface area contributed by atoms with Gasteiger partial charge in [0.05, 0.1) is 12.3 Å². The molecule has 2 fully saturated rings. The zero-order valence-electron chi connectivity index (χ0n) is 11.4. The molecule has 5 nitrogen and oxygen atoms in total. The molecule has 2 saturated heterocycles. The molecule has 0 aliphatic carbocycles. The molecule has 19 heavy (non-hydrogen) atoms. The largest absolute Gasteiger partial charge is 0.391 e. The lowest BCUT2D eigenvalue weighted by Crippen LogP contribution is -2.48. The molecule has 2 bridgehead atoms. The predicted molar refractivity (Wildman–Crippen MR) is 75.6 cm³/mol. The van der Waals surface area contributed by atoms with E-state index in [1.165, 1.54) is 17.9 Å². The molecule has 3 aliphatic rings. The number of piperidine rings is 1. The minimum atomic E-state index is -0.152. The van der Waals surface area contributed by atoms with E-state index in [0.29, 0.717) is 5.92 Å². The van der Waals surface area contributed by atoms with Gasteiger partial charge in [0.15, 0.2) is 0 Å². The van der Waals surface area contributed by atoms with Crippen LogP contribution in [-0.2, 0) is 4.94 Å². The summed E-state index contributed by atoms with van der Waals surface area (Å²) in [6.07, 6.45) is 6.66. The first-order valence-electron chi connectivity index (χ1n) is 7.26. The molecule has 3 aliphatic heterocycles. The lowest BCUT2D eigenvalue weighted by Gasteiger charge is -2.37. The van der Waals surface area contributed by atoms with Gasteiger partial charge in [0.2, 0.25) is 0 Å². The second kappa shape index (κ2) is 5.91. The molecule has 0 aromatic carbocycles. The van der Waals surface area contributed by atoms with Gasteiger partial charge in [-0.3, -0.25) is 4.90 Å². The van der Waals surface area contributed by atoms with Gasteiger partial charge < -0.3 is 5.11 Å². The Kier molecular flexibility index (Phi) is 4.21. The molecule has 108 valence electrons. The topological polar surface area (TPSA) is 48.0 Å². The molecule has 0 aromatic rings. The Bertz CT molecular complexity index is 351. The summed E-state index contributed by atoms with van der Waals surface area (Å²) in [5.41, 5.74) is 2.87. The van der Waals surface area contributed by atoms with Crippen molar-refractivity contribution in [3.05, 3.63) is 11.2 Å². The van der Waals surface area contributed by atoms with Gasteiger partial charge in [-0.2, -0.15) is 4.94 Å². The van der Waals surface area contributed by atoms with Crippen LogP contribution >= 0.6 is 11.8 Å². The quantitative estimate of drug-likeness (QED) is 0.746. The van der Waals surface area contributed by atoms with Crippen molar-refractivity contribution in [2.75, 3.05) is 18.8 Å². The van der Waals surface area contributed by atoms with Crippen molar-refractivity contribution in [1.82, 2.24) is 15.4 Å². The van der Waals surface area contributed by atoms with Crippen molar-refractivity contribution < 1.29 is 10.0 Å². The third-order valence-electron chi connectivity index (χ3n) is 4.22. The third kappa shape index (κ3) is 2.72. The summed E-state index contributed by atoms with van der Waals surface area (Å²) in [5.74, 6) is 1.59. The Morgan fingerprint density at radius 1 is 1.47 bits per heavy atom. The lowest BCUT2D eigenvalue weighted by atomic mass is 9.97. The molecule has 6 heteroatoms. The Balaban J connectivity index is 1.60. The number of thioether (sulfide) groups is 1. The van der Waals surface area contributed by atoms with Crippen LogP contribution in [0.3, 0.4) is 0 Å². The molecule has 0 saturated carbocycles. The standard InChI is InChI=1S/C13H23N3O2S/c1-2-3-6-19-13-7-14-18-16(13)12-5-4-10-8-15(12)9-11(10)17/h7,10-12,14,17H,2-6,8-9H2,1H3. The molecule has 3 rings (SSSR count). The fourth-order valence-corrected chi connectivity index (χ4v) is 4.16. The van der Waals surface area contributed by atoms with E-state index in [1.807, 2.05) is 23.0 Å². The molecule has 0 aromatic heterocycles. The van der Waals surface area contributed by atoms with Gasteiger partial charge in [-0.05, 0) is 30.9 Å². The highest BCUT2D eigenvalue weighted by molar-refractivity contribution is 8.02. The minimum absolute atomic E-state index is 0.152. The molecule has 0 amide bonds. The Labute approximate surface area is 118 Å². The number of fused-ring (bicyclic) bond motifs is 2. The molecule has 4 unspecified atom stereocenters. The summed E-state index contributed by atoms with van der Waals surface area (Å²) in [6.45, 7) is 3.99. The van der Waals surface area contributed by atoms with E-state index in [2.05, 4.69) is 17.3 Å². The van der Waals surface area contributed by atoms with Crippen LogP contribution in [0.1, 0.15) is 32.6 Å². The van der Waals surface area contributed by atoms with Crippen LogP contribution in [-0.4, -0.2) is 46.2 Å². The summed E-state index contributed by atoms with van der Waals surface area (Å²) in [5, 5.41) is 13.1. The first-order valence-corrected chi connectivity index (χ1v) is 8.25. The smallest absolute Gasteiger partial charge is 0.119 e. The number of aliphatic hydroxyl groups excluding tert-OH is 1. The van der Waals surface area contributed by atoms with Crippen LogP contribution in [0.25, 0.3) is 0 Å². The highest BCUT2D eigenvalue weighted by atomic mass is 32.2. The van der Waals surface area contributed by atoms with Crippen LogP contribution < -0.4 is 5.48 Å². The molecule has 0 spiro atoms. The van der Waals surface area contributed by atoms with Crippen molar-refractivity contribution in [2.45, 2.75) is 44.9 Å². The molecule has 2 N–H and O–H groups in total. The maximum atomic E-state index is 9.96. The number of hydroxylamine groups is 3. The Morgan fingerprint density at radius 3 is 3.21 bits per heavy atom. The highest BCUT2D eigenvalue weighted by Crippen LogP contribution is 2.37. The van der Waals surface area contributed by atoms with E-state index in [1.54, 1.807) is 0 Å². The van der Waals surface area contributed by atoms with Crippen molar-refractivity contribution >= 4 is 11.8 Å². The summed E-state index contributed by atoms with van der Waals surface area (Å²) in [7, 11) is 0. The average molecular weight is 285 g/mol. The van der Waals surface area contributed by atoms with Gasteiger partial charge in [-0.1, -0.05) is 13.3 Å². The average Bonchev–Trinajstić information content (AvgIpc) is 2.97.